The van der Waals surface area contributed by atoms with Gasteiger partial charge in [0.05, 0.1) is 0 Å². The molecule has 122 valence electrons. The van der Waals surface area contributed by atoms with Crippen molar-refractivity contribution in [2.24, 2.45) is 4.99 Å². The zero-order chi connectivity index (χ0) is 14.6. The summed E-state index contributed by atoms with van der Waals surface area (Å²) in [5.41, 5.74) is 0. The monoisotopic (exact) mass is 408 g/mol. The third-order valence-electron chi connectivity index (χ3n) is 3.03. The number of hydrogen-bond acceptors (Lipinski definition) is 3. The fraction of sp³-hybridized carbons (Fsp3) is 0.786. The molecule has 0 aliphatic rings. The third-order valence-corrected chi connectivity index (χ3v) is 3.03. The highest BCUT2D eigenvalue weighted by Gasteiger charge is 2.01. The lowest BCUT2D eigenvalue weighted by atomic mass is 10.2. The summed E-state index contributed by atoms with van der Waals surface area (Å²) in [6.45, 7) is 9.83. The molecular weight excluding hydrogens is 379 g/mol. The van der Waals surface area contributed by atoms with Gasteiger partial charge in [-0.05, 0) is 13.3 Å². The van der Waals surface area contributed by atoms with E-state index in [1.807, 2.05) is 0 Å². The van der Waals surface area contributed by atoms with Crippen LogP contribution in [0.4, 0.5) is 0 Å². The maximum Gasteiger partial charge on any atom is 0.191 e. The molecule has 21 heavy (non-hydrogen) atoms. The molecule has 0 aliphatic heterocycles. The van der Waals surface area contributed by atoms with Crippen LogP contribution in [0.1, 0.15) is 45.9 Å². The first-order chi connectivity index (χ1) is 9.81. The van der Waals surface area contributed by atoms with Crippen LogP contribution < -0.4 is 10.6 Å². The van der Waals surface area contributed by atoms with Crippen LogP contribution in [0, 0.1) is 0 Å². The number of nitrogens with one attached hydrogen (secondary N) is 2. The topological polar surface area (TPSA) is 67.1 Å². The van der Waals surface area contributed by atoms with Crippen molar-refractivity contribution < 1.29 is 0 Å². The molecule has 6 nitrogen and oxygen atoms in total. The molecule has 0 radical (unpaired) electrons. The van der Waals surface area contributed by atoms with Crippen LogP contribution in [0.15, 0.2) is 11.3 Å². The van der Waals surface area contributed by atoms with Crippen molar-refractivity contribution in [3.05, 3.63) is 12.2 Å². The van der Waals surface area contributed by atoms with E-state index in [2.05, 4.69) is 51.2 Å². The summed E-state index contributed by atoms with van der Waals surface area (Å²) in [5.74, 6) is 1.92. The predicted molar refractivity (Wildman–Crippen MR) is 98.3 cm³/mol. The molecule has 2 N–H and O–H groups in total. The highest BCUT2D eigenvalue weighted by Crippen LogP contribution is 1.95. The minimum Gasteiger partial charge on any atom is -0.357 e. The van der Waals surface area contributed by atoms with E-state index in [0.29, 0.717) is 0 Å². The van der Waals surface area contributed by atoms with Crippen LogP contribution in [0.25, 0.3) is 0 Å². The van der Waals surface area contributed by atoms with E-state index in [9.17, 15) is 0 Å². The number of aliphatic imine (C=N–C) groups is 1. The molecule has 1 heterocycles. The molecule has 0 atom stereocenters. The Kier molecular flexibility index (Phi) is 12.3. The number of guanidine groups is 1. The van der Waals surface area contributed by atoms with Gasteiger partial charge in [0.25, 0.3) is 0 Å². The Bertz CT molecular complexity index is 391. The number of aryl methyl sites for hydroxylation is 1. The minimum atomic E-state index is 0. The van der Waals surface area contributed by atoms with Gasteiger partial charge in [-0.15, -0.1) is 34.2 Å². The van der Waals surface area contributed by atoms with Crippen molar-refractivity contribution >= 4 is 29.9 Å². The van der Waals surface area contributed by atoms with Crippen molar-refractivity contribution in [2.75, 3.05) is 19.6 Å². The molecule has 0 saturated carbocycles. The van der Waals surface area contributed by atoms with Crippen molar-refractivity contribution in [2.45, 2.75) is 53.0 Å². The Labute approximate surface area is 145 Å². The quantitative estimate of drug-likeness (QED) is 0.285. The summed E-state index contributed by atoms with van der Waals surface area (Å²) in [6, 6.07) is 0. The number of unbranched alkanes of at least 4 members (excludes halogenated alkanes) is 2. The molecule has 0 unspecified atom stereocenters. The second kappa shape index (κ2) is 12.8. The van der Waals surface area contributed by atoms with E-state index in [1.54, 1.807) is 6.33 Å². The largest absolute Gasteiger partial charge is 0.357 e. The van der Waals surface area contributed by atoms with Crippen molar-refractivity contribution in [3.63, 3.8) is 0 Å². The van der Waals surface area contributed by atoms with E-state index in [4.69, 9.17) is 0 Å². The van der Waals surface area contributed by atoms with Gasteiger partial charge in [0.1, 0.15) is 12.2 Å². The van der Waals surface area contributed by atoms with Gasteiger partial charge in [0.2, 0.25) is 0 Å². The summed E-state index contributed by atoms with van der Waals surface area (Å²) in [5, 5.41) is 14.6. The van der Waals surface area contributed by atoms with E-state index in [-0.39, 0.29) is 24.0 Å². The molecule has 0 spiro atoms. The van der Waals surface area contributed by atoms with Gasteiger partial charge in [-0.2, -0.15) is 0 Å². The van der Waals surface area contributed by atoms with E-state index < -0.39 is 0 Å². The lowest BCUT2D eigenvalue weighted by Gasteiger charge is -2.12. The summed E-state index contributed by atoms with van der Waals surface area (Å²) in [7, 11) is 0. The smallest absolute Gasteiger partial charge is 0.191 e. The van der Waals surface area contributed by atoms with Crippen LogP contribution in [-0.4, -0.2) is 40.4 Å². The number of nitrogens with zero attached hydrogens (tertiary/aromatic N) is 4. The van der Waals surface area contributed by atoms with Crippen molar-refractivity contribution in [3.8, 4) is 0 Å². The lowest BCUT2D eigenvalue weighted by molar-refractivity contribution is 0.631. The Morgan fingerprint density at radius 1 is 1.24 bits per heavy atom. The van der Waals surface area contributed by atoms with Gasteiger partial charge in [0.15, 0.2) is 5.96 Å². The van der Waals surface area contributed by atoms with Gasteiger partial charge in [0, 0.05) is 32.6 Å². The van der Waals surface area contributed by atoms with Crippen LogP contribution in [0.3, 0.4) is 0 Å². The molecule has 1 aromatic heterocycles. The Morgan fingerprint density at radius 3 is 2.71 bits per heavy atom. The molecule has 0 bridgehead atoms. The highest BCUT2D eigenvalue weighted by atomic mass is 127. The molecule has 0 aliphatic carbocycles. The Balaban J connectivity index is 0.00000400. The fourth-order valence-corrected chi connectivity index (χ4v) is 1.93. The van der Waals surface area contributed by atoms with Crippen molar-refractivity contribution in [1.29, 1.82) is 0 Å². The maximum absolute atomic E-state index is 4.57. The molecule has 0 aromatic carbocycles. The summed E-state index contributed by atoms with van der Waals surface area (Å²) >= 11 is 0. The predicted octanol–water partition coefficient (Wildman–Crippen LogP) is 2.20. The van der Waals surface area contributed by atoms with Crippen molar-refractivity contribution in [1.82, 2.24) is 25.4 Å². The van der Waals surface area contributed by atoms with E-state index >= 15 is 0 Å². The number of rotatable bonds is 9. The Morgan fingerprint density at radius 2 is 2.05 bits per heavy atom. The zero-order valence-corrected chi connectivity index (χ0v) is 15.8. The van der Waals surface area contributed by atoms with E-state index in [0.717, 1.165) is 50.8 Å². The Hall–Kier alpha value is -0.860. The van der Waals surface area contributed by atoms with Gasteiger partial charge in [-0.1, -0.05) is 26.7 Å². The van der Waals surface area contributed by atoms with Crippen LogP contribution >= 0.6 is 24.0 Å². The third kappa shape index (κ3) is 8.23. The average Bonchev–Trinajstić information content (AvgIpc) is 2.91. The number of halogens is 1. The summed E-state index contributed by atoms with van der Waals surface area (Å²) in [6.07, 6.45) is 6.31. The molecule has 7 heteroatoms. The van der Waals surface area contributed by atoms with Gasteiger partial charge >= 0.3 is 0 Å². The van der Waals surface area contributed by atoms with Crippen LogP contribution in [0.5, 0.6) is 0 Å². The average molecular weight is 408 g/mol. The fourth-order valence-electron chi connectivity index (χ4n) is 1.93. The number of hydrogen-bond donors (Lipinski definition) is 2. The van der Waals surface area contributed by atoms with Crippen LogP contribution in [0.2, 0.25) is 0 Å². The second-order valence-electron chi connectivity index (χ2n) is 4.69. The first-order valence-corrected chi connectivity index (χ1v) is 7.70. The normalized spacial score (nSPS) is 11.1. The molecule has 0 amide bonds. The van der Waals surface area contributed by atoms with Crippen LogP contribution in [-0.2, 0) is 13.0 Å². The molecule has 0 fully saturated rings. The summed E-state index contributed by atoms with van der Waals surface area (Å²) < 4.78 is 2.08. The second-order valence-corrected chi connectivity index (χ2v) is 4.69. The molecule has 1 rings (SSSR count). The SMILES string of the molecule is CCCCCN=C(NCC)NCCn1cnnc1CC.I. The maximum atomic E-state index is 4.57. The summed E-state index contributed by atoms with van der Waals surface area (Å²) in [4.78, 5) is 4.57. The number of aromatic nitrogens is 3. The van der Waals surface area contributed by atoms with Gasteiger partial charge < -0.3 is 15.2 Å². The molecule has 0 saturated heterocycles. The first-order valence-electron chi connectivity index (χ1n) is 7.70. The molecule has 1 aromatic rings. The first kappa shape index (κ1) is 20.1. The lowest BCUT2D eigenvalue weighted by Crippen LogP contribution is -2.39. The van der Waals surface area contributed by atoms with E-state index in [1.165, 1.54) is 12.8 Å². The highest BCUT2D eigenvalue weighted by molar-refractivity contribution is 14.0. The van der Waals surface area contributed by atoms with Gasteiger partial charge in [-0.25, -0.2) is 0 Å². The van der Waals surface area contributed by atoms with Gasteiger partial charge in [-0.3, -0.25) is 4.99 Å². The zero-order valence-electron chi connectivity index (χ0n) is 13.4. The molecular formula is C14H29IN6. The minimum absolute atomic E-state index is 0. The standard InChI is InChI=1S/C14H28N6.HI/c1-4-7-8-9-16-14(15-6-3)17-10-11-20-12-18-19-13(20)5-2;/h12H,4-11H2,1-3H3,(H2,15,16,17);1H.